The molecular weight excluding hydrogens is 222 g/mol. The van der Waals surface area contributed by atoms with Crippen molar-refractivity contribution >= 4 is 21.5 Å². The van der Waals surface area contributed by atoms with E-state index < -0.39 is 0 Å². The predicted molar refractivity (Wildman–Crippen MR) is 74.3 cm³/mol. The number of hydrogen-bond donors (Lipinski definition) is 0. The SMILES string of the molecule is [N-]=[N+]=NCc1cccc2cc3ccccc3cc12. The first-order valence-electron chi connectivity index (χ1n) is 5.80. The first-order valence-corrected chi connectivity index (χ1v) is 5.80. The third-order valence-corrected chi connectivity index (χ3v) is 3.14. The normalized spacial score (nSPS) is 10.4. The summed E-state index contributed by atoms with van der Waals surface area (Å²) in [5.74, 6) is 0. The molecule has 0 N–H and O–H groups in total. The summed E-state index contributed by atoms with van der Waals surface area (Å²) in [5.41, 5.74) is 9.50. The Morgan fingerprint density at radius 3 is 2.39 bits per heavy atom. The van der Waals surface area contributed by atoms with Gasteiger partial charge in [0.05, 0.1) is 6.54 Å². The molecule has 3 heteroatoms. The quantitative estimate of drug-likeness (QED) is 0.264. The average Bonchev–Trinajstić information content (AvgIpc) is 2.43. The molecule has 0 spiro atoms. The van der Waals surface area contributed by atoms with Crippen molar-refractivity contribution in [3.63, 3.8) is 0 Å². The van der Waals surface area contributed by atoms with Crippen LogP contribution >= 0.6 is 0 Å². The van der Waals surface area contributed by atoms with Crippen LogP contribution in [-0.4, -0.2) is 0 Å². The second-order valence-electron chi connectivity index (χ2n) is 4.23. The Hall–Kier alpha value is -2.51. The van der Waals surface area contributed by atoms with Gasteiger partial charge in [0, 0.05) is 4.91 Å². The van der Waals surface area contributed by atoms with Crippen molar-refractivity contribution < 1.29 is 0 Å². The Morgan fingerprint density at radius 1 is 0.889 bits per heavy atom. The van der Waals surface area contributed by atoms with Crippen molar-refractivity contribution in [2.45, 2.75) is 6.54 Å². The highest BCUT2D eigenvalue weighted by Crippen LogP contribution is 2.25. The molecule has 0 atom stereocenters. The van der Waals surface area contributed by atoms with Crippen LogP contribution in [0.5, 0.6) is 0 Å². The number of fused-ring (bicyclic) bond motifs is 2. The van der Waals surface area contributed by atoms with Gasteiger partial charge in [0.15, 0.2) is 0 Å². The van der Waals surface area contributed by atoms with Gasteiger partial charge in [-0.25, -0.2) is 0 Å². The summed E-state index contributed by atoms with van der Waals surface area (Å²) < 4.78 is 0. The van der Waals surface area contributed by atoms with Crippen LogP contribution in [-0.2, 0) is 6.54 Å². The van der Waals surface area contributed by atoms with Crippen LogP contribution in [0.3, 0.4) is 0 Å². The molecule has 0 aliphatic rings. The van der Waals surface area contributed by atoms with E-state index in [1.54, 1.807) is 0 Å². The summed E-state index contributed by atoms with van der Waals surface area (Å²) in [4.78, 5) is 2.83. The van der Waals surface area contributed by atoms with Gasteiger partial charge in [-0.1, -0.05) is 47.6 Å². The zero-order valence-electron chi connectivity index (χ0n) is 9.74. The fraction of sp³-hybridized carbons (Fsp3) is 0.0667. The number of benzene rings is 3. The molecule has 3 rings (SSSR count). The van der Waals surface area contributed by atoms with E-state index in [0.717, 1.165) is 10.9 Å². The molecule has 0 aromatic heterocycles. The lowest BCUT2D eigenvalue weighted by Gasteiger charge is -2.06. The molecule has 0 fully saturated rings. The van der Waals surface area contributed by atoms with E-state index >= 15 is 0 Å². The fourth-order valence-corrected chi connectivity index (χ4v) is 2.28. The summed E-state index contributed by atoms with van der Waals surface area (Å²) in [6, 6.07) is 18.7. The third kappa shape index (κ3) is 1.77. The van der Waals surface area contributed by atoms with Crippen LogP contribution in [0.15, 0.2) is 59.7 Å². The van der Waals surface area contributed by atoms with Crippen LogP contribution in [0.4, 0.5) is 0 Å². The van der Waals surface area contributed by atoms with Gasteiger partial charge < -0.3 is 0 Å². The highest BCUT2D eigenvalue weighted by Gasteiger charge is 2.01. The van der Waals surface area contributed by atoms with Gasteiger partial charge in [-0.15, -0.1) is 0 Å². The molecule has 0 bridgehead atoms. The lowest BCUT2D eigenvalue weighted by atomic mass is 10.00. The van der Waals surface area contributed by atoms with E-state index in [9.17, 15) is 0 Å². The summed E-state index contributed by atoms with van der Waals surface area (Å²) in [7, 11) is 0. The van der Waals surface area contributed by atoms with Crippen molar-refractivity contribution in [2.75, 3.05) is 0 Å². The van der Waals surface area contributed by atoms with Crippen molar-refractivity contribution in [3.05, 3.63) is 70.6 Å². The highest BCUT2D eigenvalue weighted by atomic mass is 15.1. The third-order valence-electron chi connectivity index (χ3n) is 3.14. The lowest BCUT2D eigenvalue weighted by Crippen LogP contribution is -1.84. The zero-order valence-corrected chi connectivity index (χ0v) is 9.74. The molecule has 0 radical (unpaired) electrons. The number of rotatable bonds is 2. The molecular formula is C15H11N3. The molecule has 0 unspecified atom stereocenters. The molecule has 3 nitrogen and oxygen atoms in total. The van der Waals surface area contributed by atoms with Crippen LogP contribution in [0.2, 0.25) is 0 Å². The van der Waals surface area contributed by atoms with E-state index in [0.29, 0.717) is 6.54 Å². The first kappa shape index (κ1) is 10.6. The van der Waals surface area contributed by atoms with Gasteiger partial charge in [0.1, 0.15) is 0 Å². The van der Waals surface area contributed by atoms with Gasteiger partial charge >= 0.3 is 0 Å². The molecule has 86 valence electrons. The second kappa shape index (κ2) is 4.40. The Labute approximate surface area is 104 Å². The molecule has 0 amide bonds. The molecule has 3 aromatic carbocycles. The molecule has 3 aromatic rings. The van der Waals surface area contributed by atoms with Gasteiger partial charge in [-0.05, 0) is 44.8 Å². The van der Waals surface area contributed by atoms with E-state index in [1.807, 2.05) is 24.3 Å². The van der Waals surface area contributed by atoms with Crippen molar-refractivity contribution in [3.8, 4) is 0 Å². The van der Waals surface area contributed by atoms with E-state index in [1.165, 1.54) is 16.2 Å². The van der Waals surface area contributed by atoms with Gasteiger partial charge in [-0.3, -0.25) is 0 Å². The van der Waals surface area contributed by atoms with Crippen LogP contribution in [0.1, 0.15) is 5.56 Å². The van der Waals surface area contributed by atoms with Gasteiger partial charge in [-0.2, -0.15) is 0 Å². The minimum Gasteiger partial charge on any atom is -0.0893 e. The maximum atomic E-state index is 8.43. The largest absolute Gasteiger partial charge is 0.0893 e. The first-order chi connectivity index (χ1) is 8.88. The zero-order chi connectivity index (χ0) is 12.4. The maximum Gasteiger partial charge on any atom is 0.0517 e. The highest BCUT2D eigenvalue weighted by molar-refractivity contribution is 5.99. The van der Waals surface area contributed by atoms with Crippen LogP contribution in [0, 0.1) is 0 Å². The fourth-order valence-electron chi connectivity index (χ4n) is 2.28. The van der Waals surface area contributed by atoms with Gasteiger partial charge in [0.25, 0.3) is 0 Å². The van der Waals surface area contributed by atoms with Crippen LogP contribution in [0.25, 0.3) is 32.0 Å². The van der Waals surface area contributed by atoms with E-state index in [2.05, 4.69) is 40.4 Å². The van der Waals surface area contributed by atoms with Crippen LogP contribution < -0.4 is 0 Å². The molecule has 18 heavy (non-hydrogen) atoms. The average molecular weight is 233 g/mol. The molecule has 0 heterocycles. The Bertz CT molecular complexity index is 771. The summed E-state index contributed by atoms with van der Waals surface area (Å²) in [5, 5.41) is 8.42. The maximum absolute atomic E-state index is 8.43. The lowest BCUT2D eigenvalue weighted by molar-refractivity contribution is 1.06. The van der Waals surface area contributed by atoms with Crippen molar-refractivity contribution in [1.29, 1.82) is 0 Å². The standard InChI is InChI=1S/C15H11N3/c16-18-17-10-14-7-3-6-13-8-11-4-1-2-5-12(11)9-15(13)14/h1-9H,10H2. The van der Waals surface area contributed by atoms with Gasteiger partial charge in [0.2, 0.25) is 0 Å². The van der Waals surface area contributed by atoms with E-state index in [4.69, 9.17) is 5.53 Å². The Kier molecular flexibility index (Phi) is 2.60. The summed E-state index contributed by atoms with van der Waals surface area (Å²) in [6.45, 7) is 0.395. The van der Waals surface area contributed by atoms with E-state index in [-0.39, 0.29) is 0 Å². The number of hydrogen-bond acceptors (Lipinski definition) is 1. The van der Waals surface area contributed by atoms with Crippen molar-refractivity contribution in [1.82, 2.24) is 0 Å². The number of azide groups is 1. The molecule has 0 aliphatic carbocycles. The Balaban J connectivity index is 2.32. The molecule has 0 saturated heterocycles. The smallest absolute Gasteiger partial charge is 0.0517 e. The van der Waals surface area contributed by atoms with Crippen molar-refractivity contribution in [2.24, 2.45) is 5.11 Å². The summed E-state index contributed by atoms with van der Waals surface area (Å²) >= 11 is 0. The topological polar surface area (TPSA) is 48.8 Å². The minimum absolute atomic E-state index is 0.395. The monoisotopic (exact) mass is 233 g/mol. The summed E-state index contributed by atoms with van der Waals surface area (Å²) in [6.07, 6.45) is 0. The molecule has 0 saturated carbocycles. The predicted octanol–water partition coefficient (Wildman–Crippen LogP) is 4.80. The Morgan fingerprint density at radius 2 is 1.61 bits per heavy atom. The minimum atomic E-state index is 0.395. The number of nitrogens with zero attached hydrogens (tertiary/aromatic N) is 3. The second-order valence-corrected chi connectivity index (χ2v) is 4.23. The molecule has 0 aliphatic heterocycles.